The van der Waals surface area contributed by atoms with Crippen LogP contribution in [-0.4, -0.2) is 21.6 Å². The van der Waals surface area contributed by atoms with Crippen LogP contribution in [0.25, 0.3) is 0 Å². The van der Waals surface area contributed by atoms with Crippen LogP contribution in [0, 0.1) is 0 Å². The van der Waals surface area contributed by atoms with E-state index < -0.39 is 0 Å². The molecule has 1 aliphatic rings. The van der Waals surface area contributed by atoms with Crippen LogP contribution in [0.4, 0.5) is 0 Å². The predicted molar refractivity (Wildman–Crippen MR) is 68.9 cm³/mol. The molecule has 0 amide bonds. The molecule has 2 heterocycles. The Morgan fingerprint density at radius 3 is 3.11 bits per heavy atom. The molecule has 94 valence electrons. The van der Waals surface area contributed by atoms with Crippen LogP contribution in [0.1, 0.15) is 23.6 Å². The fraction of sp³-hybridized carbons (Fsp3) is 0.385. The maximum absolute atomic E-state index is 5.73. The van der Waals surface area contributed by atoms with Gasteiger partial charge in [0.05, 0.1) is 18.2 Å². The normalized spacial score (nSPS) is 18.2. The molecule has 1 aromatic carbocycles. The van der Waals surface area contributed by atoms with Crippen LogP contribution < -0.4 is 4.74 Å². The molecule has 1 aliphatic heterocycles. The Morgan fingerprint density at radius 1 is 1.39 bits per heavy atom. The van der Waals surface area contributed by atoms with Crippen molar-refractivity contribution in [1.82, 2.24) is 15.0 Å². The second kappa shape index (κ2) is 4.98. The first-order chi connectivity index (χ1) is 8.86. The largest absolute Gasteiger partial charge is 0.493 e. The highest BCUT2D eigenvalue weighted by Crippen LogP contribution is 2.34. The molecule has 0 spiro atoms. The van der Waals surface area contributed by atoms with E-state index in [2.05, 4.69) is 16.4 Å². The highest BCUT2D eigenvalue weighted by Gasteiger charge is 2.21. The smallest absolute Gasteiger partial charge is 0.122 e. The zero-order valence-corrected chi connectivity index (χ0v) is 10.7. The second-order valence-electron chi connectivity index (χ2n) is 4.44. The molecular weight excluding hydrogens is 250 g/mol. The molecule has 0 aliphatic carbocycles. The first-order valence-corrected chi connectivity index (χ1v) is 6.57. The summed E-state index contributed by atoms with van der Waals surface area (Å²) in [6.07, 6.45) is 2.91. The lowest BCUT2D eigenvalue weighted by molar-refractivity contribution is 0.256. The topological polar surface area (TPSA) is 39.9 Å². The van der Waals surface area contributed by atoms with Gasteiger partial charge in [-0.2, -0.15) is 0 Å². The first kappa shape index (κ1) is 11.5. The van der Waals surface area contributed by atoms with Crippen LogP contribution in [0.15, 0.2) is 30.5 Å². The van der Waals surface area contributed by atoms with Gasteiger partial charge < -0.3 is 4.74 Å². The van der Waals surface area contributed by atoms with Crippen molar-refractivity contribution in [2.24, 2.45) is 0 Å². The molecule has 0 fully saturated rings. The Kier molecular flexibility index (Phi) is 3.19. The lowest BCUT2D eigenvalue weighted by Gasteiger charge is -2.25. The summed E-state index contributed by atoms with van der Waals surface area (Å²) >= 11 is 5.73. The van der Waals surface area contributed by atoms with E-state index in [9.17, 15) is 0 Å². The number of nitrogens with zero attached hydrogens (tertiary/aromatic N) is 3. The number of aromatic nitrogens is 3. The average Bonchev–Trinajstić information content (AvgIpc) is 2.87. The molecule has 1 unspecified atom stereocenters. The summed E-state index contributed by atoms with van der Waals surface area (Å²) in [5, 5.41) is 8.10. The first-order valence-electron chi connectivity index (χ1n) is 6.03. The fourth-order valence-electron chi connectivity index (χ4n) is 2.32. The minimum absolute atomic E-state index is 0.407. The molecule has 0 bridgehead atoms. The summed E-state index contributed by atoms with van der Waals surface area (Å²) in [6, 6.07) is 8.19. The van der Waals surface area contributed by atoms with Crippen molar-refractivity contribution in [3.05, 3.63) is 41.7 Å². The van der Waals surface area contributed by atoms with Gasteiger partial charge in [0.25, 0.3) is 0 Å². The van der Waals surface area contributed by atoms with Crippen molar-refractivity contribution in [3.8, 4) is 5.75 Å². The lowest BCUT2D eigenvalue weighted by Crippen LogP contribution is -2.18. The Balaban J connectivity index is 1.81. The maximum Gasteiger partial charge on any atom is 0.122 e. The SMILES string of the molecule is ClCc1cn(CC2CCOc3ccccc32)nn1. The van der Waals surface area contributed by atoms with E-state index in [0.29, 0.717) is 11.8 Å². The zero-order valence-electron chi connectivity index (χ0n) is 9.92. The van der Waals surface area contributed by atoms with Crippen molar-refractivity contribution in [2.45, 2.75) is 24.8 Å². The molecule has 18 heavy (non-hydrogen) atoms. The number of rotatable bonds is 3. The number of para-hydroxylation sites is 1. The summed E-state index contributed by atoms with van der Waals surface area (Å²) < 4.78 is 7.52. The monoisotopic (exact) mass is 263 g/mol. The molecule has 1 aromatic heterocycles. The van der Waals surface area contributed by atoms with Crippen LogP contribution in [-0.2, 0) is 12.4 Å². The number of benzene rings is 1. The second-order valence-corrected chi connectivity index (χ2v) is 4.70. The number of alkyl halides is 1. The molecule has 5 heteroatoms. The summed E-state index contributed by atoms with van der Waals surface area (Å²) in [6.45, 7) is 1.59. The zero-order chi connectivity index (χ0) is 12.4. The van der Waals surface area contributed by atoms with Gasteiger partial charge in [-0.15, -0.1) is 16.7 Å². The third kappa shape index (κ3) is 2.20. The van der Waals surface area contributed by atoms with Gasteiger partial charge in [0, 0.05) is 18.7 Å². The minimum atomic E-state index is 0.407. The molecule has 0 saturated heterocycles. The molecule has 0 saturated carbocycles. The number of halogens is 1. The highest BCUT2D eigenvalue weighted by atomic mass is 35.5. The van der Waals surface area contributed by atoms with Gasteiger partial charge in [0.2, 0.25) is 0 Å². The summed E-state index contributed by atoms with van der Waals surface area (Å²) in [5.74, 6) is 1.83. The Bertz CT molecular complexity index is 541. The fourth-order valence-corrected chi connectivity index (χ4v) is 2.44. The van der Waals surface area contributed by atoms with Crippen molar-refractivity contribution in [2.75, 3.05) is 6.61 Å². The predicted octanol–water partition coefficient (Wildman–Crippen LogP) is 2.58. The Morgan fingerprint density at radius 2 is 2.28 bits per heavy atom. The van der Waals surface area contributed by atoms with E-state index in [1.807, 2.05) is 29.1 Å². The van der Waals surface area contributed by atoms with Gasteiger partial charge in [-0.3, -0.25) is 4.68 Å². The van der Waals surface area contributed by atoms with E-state index in [4.69, 9.17) is 16.3 Å². The third-order valence-corrected chi connectivity index (χ3v) is 3.49. The van der Waals surface area contributed by atoms with E-state index in [1.165, 1.54) is 5.56 Å². The van der Waals surface area contributed by atoms with Crippen LogP contribution >= 0.6 is 11.6 Å². The average molecular weight is 264 g/mol. The van der Waals surface area contributed by atoms with Gasteiger partial charge in [0.1, 0.15) is 5.75 Å². The number of ether oxygens (including phenoxy) is 1. The van der Waals surface area contributed by atoms with E-state index in [-0.39, 0.29) is 0 Å². The van der Waals surface area contributed by atoms with E-state index in [0.717, 1.165) is 31.0 Å². The highest BCUT2D eigenvalue weighted by molar-refractivity contribution is 6.16. The lowest BCUT2D eigenvalue weighted by atomic mass is 9.93. The number of hydrogen-bond donors (Lipinski definition) is 0. The standard InChI is InChI=1S/C13H14ClN3O/c14-7-11-9-17(16-15-11)8-10-5-6-18-13-4-2-1-3-12(10)13/h1-4,9-10H,5-8H2. The van der Waals surface area contributed by atoms with Crippen molar-refractivity contribution in [1.29, 1.82) is 0 Å². The van der Waals surface area contributed by atoms with Crippen molar-refractivity contribution >= 4 is 11.6 Å². The van der Waals surface area contributed by atoms with Crippen LogP contribution in [0.3, 0.4) is 0 Å². The van der Waals surface area contributed by atoms with Crippen molar-refractivity contribution < 1.29 is 4.74 Å². The Labute approximate surface area is 111 Å². The van der Waals surface area contributed by atoms with E-state index in [1.54, 1.807) is 0 Å². The van der Waals surface area contributed by atoms with Crippen LogP contribution in [0.5, 0.6) is 5.75 Å². The quantitative estimate of drug-likeness (QED) is 0.799. The van der Waals surface area contributed by atoms with Gasteiger partial charge in [-0.25, -0.2) is 0 Å². The van der Waals surface area contributed by atoms with Gasteiger partial charge in [0.15, 0.2) is 0 Å². The number of fused-ring (bicyclic) bond motifs is 1. The summed E-state index contributed by atoms with van der Waals surface area (Å²) in [7, 11) is 0. The molecule has 3 rings (SSSR count). The maximum atomic E-state index is 5.73. The molecule has 0 radical (unpaired) electrons. The third-order valence-electron chi connectivity index (χ3n) is 3.21. The van der Waals surface area contributed by atoms with Crippen LogP contribution in [0.2, 0.25) is 0 Å². The Hall–Kier alpha value is -1.55. The molecular formula is C13H14ClN3O. The van der Waals surface area contributed by atoms with Gasteiger partial charge >= 0.3 is 0 Å². The minimum Gasteiger partial charge on any atom is -0.493 e. The molecule has 2 aromatic rings. The van der Waals surface area contributed by atoms with Gasteiger partial charge in [-0.05, 0) is 18.1 Å². The van der Waals surface area contributed by atoms with Crippen molar-refractivity contribution in [3.63, 3.8) is 0 Å². The summed E-state index contributed by atoms with van der Waals surface area (Å²) in [4.78, 5) is 0. The van der Waals surface area contributed by atoms with Gasteiger partial charge in [-0.1, -0.05) is 23.4 Å². The number of hydrogen-bond acceptors (Lipinski definition) is 3. The molecule has 1 atom stereocenters. The molecule has 0 N–H and O–H groups in total. The van der Waals surface area contributed by atoms with E-state index >= 15 is 0 Å². The summed E-state index contributed by atoms with van der Waals surface area (Å²) in [5.41, 5.74) is 2.07. The molecule has 4 nitrogen and oxygen atoms in total.